The third kappa shape index (κ3) is 3.69. The fourth-order valence-corrected chi connectivity index (χ4v) is 2.32. The van der Waals surface area contributed by atoms with Gasteiger partial charge in [-0.25, -0.2) is 0 Å². The Bertz CT molecular complexity index is 442. The van der Waals surface area contributed by atoms with Crippen molar-refractivity contribution in [2.24, 2.45) is 0 Å². The van der Waals surface area contributed by atoms with Gasteiger partial charge in [-0.2, -0.15) is 5.26 Å². The van der Waals surface area contributed by atoms with Crippen molar-refractivity contribution in [3.63, 3.8) is 0 Å². The number of benzene rings is 1. The molecule has 0 radical (unpaired) electrons. The van der Waals surface area contributed by atoms with Gasteiger partial charge in [0, 0.05) is 19.1 Å². The van der Waals surface area contributed by atoms with Crippen LogP contribution in [0.4, 0.5) is 0 Å². The van der Waals surface area contributed by atoms with Crippen molar-refractivity contribution in [1.82, 2.24) is 4.90 Å². The molecule has 4 nitrogen and oxygen atoms in total. The van der Waals surface area contributed by atoms with Crippen molar-refractivity contribution in [3.8, 4) is 11.8 Å². The predicted octanol–water partition coefficient (Wildman–Crippen LogP) is 2.05. The lowest BCUT2D eigenvalue weighted by Gasteiger charge is -2.34. The SMILES string of the molecule is CCC1COCCN1CCOc1ccccc1C#N. The van der Waals surface area contributed by atoms with Gasteiger partial charge in [0.1, 0.15) is 18.4 Å². The second-order valence-corrected chi connectivity index (χ2v) is 4.63. The third-order valence-electron chi connectivity index (χ3n) is 3.46. The highest BCUT2D eigenvalue weighted by atomic mass is 16.5. The van der Waals surface area contributed by atoms with Crippen molar-refractivity contribution in [3.05, 3.63) is 29.8 Å². The molecule has 102 valence electrons. The first-order chi connectivity index (χ1) is 9.35. The van der Waals surface area contributed by atoms with E-state index in [0.29, 0.717) is 24.0 Å². The van der Waals surface area contributed by atoms with Gasteiger partial charge in [0.15, 0.2) is 0 Å². The largest absolute Gasteiger partial charge is 0.491 e. The van der Waals surface area contributed by atoms with E-state index in [1.807, 2.05) is 18.2 Å². The van der Waals surface area contributed by atoms with Crippen LogP contribution in [0, 0.1) is 11.3 Å². The zero-order valence-electron chi connectivity index (χ0n) is 11.3. The molecule has 1 saturated heterocycles. The van der Waals surface area contributed by atoms with E-state index in [4.69, 9.17) is 14.7 Å². The fourth-order valence-electron chi connectivity index (χ4n) is 2.32. The Hall–Kier alpha value is -1.57. The van der Waals surface area contributed by atoms with Gasteiger partial charge in [-0.15, -0.1) is 0 Å². The number of hydrogen-bond acceptors (Lipinski definition) is 4. The monoisotopic (exact) mass is 260 g/mol. The fraction of sp³-hybridized carbons (Fsp3) is 0.533. The van der Waals surface area contributed by atoms with Crippen LogP contribution in [0.5, 0.6) is 5.75 Å². The molecular weight excluding hydrogens is 240 g/mol. The van der Waals surface area contributed by atoms with Crippen LogP contribution in [0.2, 0.25) is 0 Å². The molecule has 0 bridgehead atoms. The summed E-state index contributed by atoms with van der Waals surface area (Å²) in [6.07, 6.45) is 1.09. The predicted molar refractivity (Wildman–Crippen MR) is 73.1 cm³/mol. The maximum absolute atomic E-state index is 8.99. The maximum atomic E-state index is 8.99. The van der Waals surface area contributed by atoms with Crippen molar-refractivity contribution in [1.29, 1.82) is 5.26 Å². The molecule has 0 N–H and O–H groups in total. The first kappa shape index (κ1) is 13.9. The molecule has 1 aliphatic rings. The molecule has 19 heavy (non-hydrogen) atoms. The zero-order valence-corrected chi connectivity index (χ0v) is 11.3. The van der Waals surface area contributed by atoms with E-state index in [-0.39, 0.29) is 0 Å². The van der Waals surface area contributed by atoms with Crippen LogP contribution in [-0.2, 0) is 4.74 Å². The van der Waals surface area contributed by atoms with Crippen LogP contribution in [0.1, 0.15) is 18.9 Å². The Morgan fingerprint density at radius 2 is 2.32 bits per heavy atom. The first-order valence-corrected chi connectivity index (χ1v) is 6.79. The molecule has 0 aromatic heterocycles. The van der Waals surface area contributed by atoms with E-state index in [1.54, 1.807) is 6.07 Å². The van der Waals surface area contributed by atoms with Gasteiger partial charge in [0.05, 0.1) is 18.8 Å². The van der Waals surface area contributed by atoms with Crippen LogP contribution in [0.15, 0.2) is 24.3 Å². The lowest BCUT2D eigenvalue weighted by molar-refractivity contribution is -0.0132. The molecule has 1 aromatic carbocycles. The Kier molecular flexibility index (Phi) is 5.20. The Labute approximate surface area is 114 Å². The van der Waals surface area contributed by atoms with Gasteiger partial charge in [0.25, 0.3) is 0 Å². The zero-order chi connectivity index (χ0) is 13.5. The molecule has 1 heterocycles. The third-order valence-corrected chi connectivity index (χ3v) is 3.46. The molecule has 0 amide bonds. The normalized spacial score (nSPS) is 19.9. The van der Waals surface area contributed by atoms with Crippen LogP contribution < -0.4 is 4.74 Å². The summed E-state index contributed by atoms with van der Waals surface area (Å²) in [6.45, 7) is 6.23. The van der Waals surface area contributed by atoms with Crippen LogP contribution in [0.25, 0.3) is 0 Å². The minimum absolute atomic E-state index is 0.489. The average molecular weight is 260 g/mol. The van der Waals surface area contributed by atoms with Gasteiger partial charge >= 0.3 is 0 Å². The summed E-state index contributed by atoms with van der Waals surface area (Å²) >= 11 is 0. The minimum Gasteiger partial charge on any atom is -0.491 e. The summed E-state index contributed by atoms with van der Waals surface area (Å²) in [5, 5.41) is 8.99. The highest BCUT2D eigenvalue weighted by Crippen LogP contribution is 2.17. The lowest BCUT2D eigenvalue weighted by Crippen LogP contribution is -2.46. The summed E-state index contributed by atoms with van der Waals surface area (Å²) in [5.74, 6) is 0.673. The number of nitriles is 1. The van der Waals surface area contributed by atoms with E-state index in [9.17, 15) is 0 Å². The lowest BCUT2D eigenvalue weighted by atomic mass is 10.2. The molecule has 2 rings (SSSR count). The smallest absolute Gasteiger partial charge is 0.137 e. The van der Waals surface area contributed by atoms with Gasteiger partial charge in [-0.05, 0) is 18.6 Å². The van der Waals surface area contributed by atoms with E-state index in [1.165, 1.54) is 0 Å². The molecule has 1 atom stereocenters. The number of hydrogen-bond donors (Lipinski definition) is 0. The molecule has 0 spiro atoms. The van der Waals surface area contributed by atoms with Gasteiger partial charge in [-0.1, -0.05) is 19.1 Å². The van der Waals surface area contributed by atoms with Crippen molar-refractivity contribution < 1.29 is 9.47 Å². The maximum Gasteiger partial charge on any atom is 0.137 e. The number of ether oxygens (including phenoxy) is 2. The Morgan fingerprint density at radius 1 is 1.47 bits per heavy atom. The van der Waals surface area contributed by atoms with Crippen LogP contribution >= 0.6 is 0 Å². The van der Waals surface area contributed by atoms with Crippen molar-refractivity contribution >= 4 is 0 Å². The minimum atomic E-state index is 0.489. The molecular formula is C15H20N2O2. The van der Waals surface area contributed by atoms with Crippen molar-refractivity contribution in [2.75, 3.05) is 32.9 Å². The summed E-state index contributed by atoms with van der Waals surface area (Å²) in [6, 6.07) is 9.99. The molecule has 0 saturated carbocycles. The van der Waals surface area contributed by atoms with Crippen LogP contribution in [-0.4, -0.2) is 43.9 Å². The van der Waals surface area contributed by atoms with Gasteiger partial charge < -0.3 is 9.47 Å². The van der Waals surface area contributed by atoms with E-state index < -0.39 is 0 Å². The molecule has 0 aliphatic carbocycles. The Morgan fingerprint density at radius 3 is 3.11 bits per heavy atom. The van der Waals surface area contributed by atoms with E-state index in [2.05, 4.69) is 17.9 Å². The highest BCUT2D eigenvalue weighted by Gasteiger charge is 2.20. The molecule has 1 aromatic rings. The average Bonchev–Trinajstić information content (AvgIpc) is 2.48. The van der Waals surface area contributed by atoms with Gasteiger partial charge in [-0.3, -0.25) is 4.90 Å². The Balaban J connectivity index is 1.84. The quantitative estimate of drug-likeness (QED) is 0.813. The number of rotatable bonds is 5. The van der Waals surface area contributed by atoms with Crippen molar-refractivity contribution in [2.45, 2.75) is 19.4 Å². The highest BCUT2D eigenvalue weighted by molar-refractivity contribution is 5.42. The first-order valence-electron chi connectivity index (χ1n) is 6.79. The summed E-state index contributed by atoms with van der Waals surface area (Å²) in [5.41, 5.74) is 0.594. The second-order valence-electron chi connectivity index (χ2n) is 4.63. The summed E-state index contributed by atoms with van der Waals surface area (Å²) < 4.78 is 11.2. The topological polar surface area (TPSA) is 45.5 Å². The molecule has 4 heteroatoms. The molecule has 1 unspecified atom stereocenters. The van der Waals surface area contributed by atoms with E-state index >= 15 is 0 Å². The number of morpholine rings is 1. The second kappa shape index (κ2) is 7.13. The van der Waals surface area contributed by atoms with Crippen LogP contribution in [0.3, 0.4) is 0 Å². The molecule has 1 aliphatic heterocycles. The number of nitrogens with zero attached hydrogens (tertiary/aromatic N) is 2. The summed E-state index contributed by atoms with van der Waals surface area (Å²) in [4.78, 5) is 2.40. The molecule has 1 fully saturated rings. The van der Waals surface area contributed by atoms with E-state index in [0.717, 1.165) is 32.7 Å². The number of para-hydroxylation sites is 1. The van der Waals surface area contributed by atoms with Gasteiger partial charge in [0.2, 0.25) is 0 Å². The standard InChI is InChI=1S/C15H20N2O2/c1-2-14-12-18-9-7-17(14)8-10-19-15-6-4-3-5-13(15)11-16/h3-6,14H,2,7-10,12H2,1H3. The summed E-state index contributed by atoms with van der Waals surface area (Å²) in [7, 11) is 0.